The molecule has 0 heterocycles. The summed E-state index contributed by atoms with van der Waals surface area (Å²) in [4.78, 5) is 11.7. The van der Waals surface area contributed by atoms with Crippen molar-refractivity contribution in [1.29, 1.82) is 0 Å². The summed E-state index contributed by atoms with van der Waals surface area (Å²) < 4.78 is 5.08. The van der Waals surface area contributed by atoms with Gasteiger partial charge in [-0.15, -0.1) is 12.3 Å². The van der Waals surface area contributed by atoms with Crippen LogP contribution in [0.2, 0.25) is 0 Å². The van der Waals surface area contributed by atoms with Crippen molar-refractivity contribution >= 4 is 11.6 Å². The van der Waals surface area contributed by atoms with E-state index in [9.17, 15) is 4.79 Å². The summed E-state index contributed by atoms with van der Waals surface area (Å²) in [5.41, 5.74) is 0.714. The minimum atomic E-state index is -0.105. The maximum Gasteiger partial charge on any atom is 0.238 e. The maximum atomic E-state index is 11.7. The van der Waals surface area contributed by atoms with Gasteiger partial charge >= 0.3 is 0 Å². The number of hydrogen-bond acceptors (Lipinski definition) is 3. The molecule has 1 aromatic carbocycles. The van der Waals surface area contributed by atoms with Crippen molar-refractivity contribution in [3.8, 4) is 18.1 Å². The second-order valence-electron chi connectivity index (χ2n) is 3.97. The Morgan fingerprint density at radius 1 is 1.56 bits per heavy atom. The second kappa shape index (κ2) is 7.36. The van der Waals surface area contributed by atoms with Crippen LogP contribution < -0.4 is 15.4 Å². The highest BCUT2D eigenvalue weighted by Crippen LogP contribution is 2.16. The van der Waals surface area contributed by atoms with Gasteiger partial charge in [-0.3, -0.25) is 4.79 Å². The Kier molecular flexibility index (Phi) is 5.75. The summed E-state index contributed by atoms with van der Waals surface area (Å²) in [6, 6.07) is 7.35. The molecule has 0 spiro atoms. The average Bonchev–Trinajstić information content (AvgIpc) is 2.37. The van der Waals surface area contributed by atoms with E-state index in [1.54, 1.807) is 13.2 Å². The lowest BCUT2D eigenvalue weighted by Gasteiger charge is -2.11. The lowest BCUT2D eigenvalue weighted by atomic mass is 10.2. The summed E-state index contributed by atoms with van der Waals surface area (Å²) in [5, 5.41) is 5.83. The molecule has 4 heteroatoms. The molecule has 0 aliphatic carbocycles. The first-order chi connectivity index (χ1) is 8.65. The van der Waals surface area contributed by atoms with Gasteiger partial charge in [0.15, 0.2) is 0 Å². The normalized spacial score (nSPS) is 11.4. The fraction of sp³-hybridized carbons (Fsp3) is 0.357. The van der Waals surface area contributed by atoms with Crippen molar-refractivity contribution in [2.45, 2.75) is 19.4 Å². The van der Waals surface area contributed by atoms with Crippen LogP contribution in [-0.2, 0) is 4.79 Å². The van der Waals surface area contributed by atoms with Crippen LogP contribution in [0.25, 0.3) is 0 Å². The van der Waals surface area contributed by atoms with Crippen LogP contribution in [0.5, 0.6) is 5.75 Å². The van der Waals surface area contributed by atoms with Crippen molar-refractivity contribution in [3.63, 3.8) is 0 Å². The predicted molar refractivity (Wildman–Crippen MR) is 72.5 cm³/mol. The van der Waals surface area contributed by atoms with E-state index in [2.05, 4.69) is 16.6 Å². The van der Waals surface area contributed by atoms with Gasteiger partial charge in [0.25, 0.3) is 0 Å². The molecular formula is C14H18N2O2. The first kappa shape index (κ1) is 14.1. The molecule has 2 N–H and O–H groups in total. The maximum absolute atomic E-state index is 11.7. The molecule has 1 aromatic rings. The fourth-order valence-electron chi connectivity index (χ4n) is 1.42. The van der Waals surface area contributed by atoms with Gasteiger partial charge in [0.05, 0.1) is 13.7 Å². The number of amides is 1. The van der Waals surface area contributed by atoms with E-state index in [1.807, 2.05) is 25.1 Å². The van der Waals surface area contributed by atoms with Gasteiger partial charge in [-0.25, -0.2) is 0 Å². The molecular weight excluding hydrogens is 228 g/mol. The Hall–Kier alpha value is -1.99. The van der Waals surface area contributed by atoms with Crippen LogP contribution in [0.4, 0.5) is 5.69 Å². The Morgan fingerprint density at radius 2 is 2.33 bits per heavy atom. The molecule has 18 heavy (non-hydrogen) atoms. The molecule has 1 atom stereocenters. The van der Waals surface area contributed by atoms with Crippen LogP contribution in [0.3, 0.4) is 0 Å². The van der Waals surface area contributed by atoms with Crippen LogP contribution in [0.15, 0.2) is 24.3 Å². The molecule has 0 saturated carbocycles. The molecule has 0 fully saturated rings. The third-order valence-electron chi connectivity index (χ3n) is 2.39. The van der Waals surface area contributed by atoms with Gasteiger partial charge in [-0.1, -0.05) is 6.07 Å². The number of carbonyl (C=O) groups excluding carboxylic acids is 1. The number of rotatable bonds is 6. The third-order valence-corrected chi connectivity index (χ3v) is 2.39. The zero-order valence-electron chi connectivity index (χ0n) is 10.7. The molecule has 0 aliphatic heterocycles. The average molecular weight is 246 g/mol. The van der Waals surface area contributed by atoms with Gasteiger partial charge in [0, 0.05) is 24.2 Å². The molecule has 4 nitrogen and oxygen atoms in total. The minimum Gasteiger partial charge on any atom is -0.497 e. The fourth-order valence-corrected chi connectivity index (χ4v) is 1.42. The summed E-state index contributed by atoms with van der Waals surface area (Å²) >= 11 is 0. The van der Waals surface area contributed by atoms with Crippen LogP contribution in [0, 0.1) is 12.3 Å². The van der Waals surface area contributed by atoms with E-state index in [0.717, 1.165) is 0 Å². The number of nitrogens with one attached hydrogen (secondary N) is 2. The molecule has 1 rings (SSSR count). The van der Waals surface area contributed by atoms with Crippen LogP contribution >= 0.6 is 0 Å². The predicted octanol–water partition coefficient (Wildman–Crippen LogP) is 1.64. The molecule has 0 saturated heterocycles. The van der Waals surface area contributed by atoms with Crippen LogP contribution in [0.1, 0.15) is 13.3 Å². The second-order valence-corrected chi connectivity index (χ2v) is 3.97. The minimum absolute atomic E-state index is 0.105. The van der Waals surface area contributed by atoms with Gasteiger partial charge < -0.3 is 15.4 Å². The molecule has 0 radical (unpaired) electrons. The van der Waals surface area contributed by atoms with E-state index in [1.165, 1.54) is 0 Å². The molecule has 1 amide bonds. The Morgan fingerprint density at radius 3 is 3.00 bits per heavy atom. The van der Waals surface area contributed by atoms with Crippen molar-refractivity contribution in [1.82, 2.24) is 5.32 Å². The number of ether oxygens (including phenoxy) is 1. The van der Waals surface area contributed by atoms with Crippen molar-refractivity contribution < 1.29 is 9.53 Å². The number of carbonyl (C=O) groups is 1. The highest BCUT2D eigenvalue weighted by Gasteiger charge is 2.05. The summed E-state index contributed by atoms with van der Waals surface area (Å²) in [6.45, 7) is 2.18. The van der Waals surface area contributed by atoms with E-state index < -0.39 is 0 Å². The smallest absolute Gasteiger partial charge is 0.238 e. The first-order valence-electron chi connectivity index (χ1n) is 5.76. The lowest BCUT2D eigenvalue weighted by molar-refractivity contribution is -0.115. The number of methoxy groups -OCH3 is 1. The Labute approximate surface area is 108 Å². The van der Waals surface area contributed by atoms with Gasteiger partial charge in [0.1, 0.15) is 5.75 Å². The topological polar surface area (TPSA) is 50.4 Å². The molecule has 0 aliphatic rings. The summed E-state index contributed by atoms with van der Waals surface area (Å²) in [5.74, 6) is 3.15. The van der Waals surface area contributed by atoms with Crippen molar-refractivity contribution in [2.24, 2.45) is 0 Å². The first-order valence-corrected chi connectivity index (χ1v) is 5.76. The standard InChI is InChI=1S/C14H18N2O2/c1-4-6-11(2)15-10-14(17)16-12-7-5-8-13(9-12)18-3/h1,5,7-9,11,15H,6,10H2,2-3H3,(H,16,17). The van der Waals surface area contributed by atoms with E-state index in [4.69, 9.17) is 11.2 Å². The van der Waals surface area contributed by atoms with Gasteiger partial charge in [-0.05, 0) is 19.1 Å². The Bertz CT molecular complexity index is 438. The number of terminal acetylenes is 1. The van der Waals surface area contributed by atoms with Gasteiger partial charge in [0.2, 0.25) is 5.91 Å². The highest BCUT2D eigenvalue weighted by molar-refractivity contribution is 5.92. The molecule has 1 unspecified atom stereocenters. The summed E-state index contributed by atoms with van der Waals surface area (Å²) in [6.07, 6.45) is 5.79. The van der Waals surface area contributed by atoms with E-state index in [0.29, 0.717) is 17.9 Å². The highest BCUT2D eigenvalue weighted by atomic mass is 16.5. The molecule has 0 bridgehead atoms. The molecule has 0 aromatic heterocycles. The van der Waals surface area contributed by atoms with Gasteiger partial charge in [-0.2, -0.15) is 0 Å². The monoisotopic (exact) mass is 246 g/mol. The SMILES string of the molecule is C#CCC(C)NCC(=O)Nc1cccc(OC)c1. The zero-order valence-corrected chi connectivity index (χ0v) is 10.7. The molecule has 96 valence electrons. The number of hydrogen-bond donors (Lipinski definition) is 2. The Balaban J connectivity index is 2.42. The third kappa shape index (κ3) is 4.89. The quantitative estimate of drug-likeness (QED) is 0.750. The van der Waals surface area contributed by atoms with E-state index in [-0.39, 0.29) is 18.5 Å². The van der Waals surface area contributed by atoms with Crippen LogP contribution in [-0.4, -0.2) is 25.6 Å². The van der Waals surface area contributed by atoms with Crippen molar-refractivity contribution in [2.75, 3.05) is 19.0 Å². The van der Waals surface area contributed by atoms with Crippen molar-refractivity contribution in [3.05, 3.63) is 24.3 Å². The largest absolute Gasteiger partial charge is 0.497 e. The number of benzene rings is 1. The van der Waals surface area contributed by atoms with E-state index >= 15 is 0 Å². The lowest BCUT2D eigenvalue weighted by Crippen LogP contribution is -2.34. The summed E-state index contributed by atoms with van der Waals surface area (Å²) in [7, 11) is 1.59. The number of anilines is 1. The zero-order chi connectivity index (χ0) is 13.4.